The van der Waals surface area contributed by atoms with Crippen LogP contribution in [0.5, 0.6) is 5.75 Å². The molecule has 0 radical (unpaired) electrons. The Balaban J connectivity index is 2.48. The minimum Gasteiger partial charge on any atom is -0.494 e. The van der Waals surface area contributed by atoms with E-state index in [4.69, 9.17) is 17.0 Å². The molecule has 1 atom stereocenters. The predicted molar refractivity (Wildman–Crippen MR) is 76.7 cm³/mol. The van der Waals surface area contributed by atoms with Crippen molar-refractivity contribution in [1.82, 2.24) is 5.32 Å². The second-order valence-electron chi connectivity index (χ2n) is 3.87. The molecule has 0 amide bonds. The van der Waals surface area contributed by atoms with Crippen molar-refractivity contribution >= 4 is 23.0 Å². The van der Waals surface area contributed by atoms with Crippen molar-refractivity contribution in [2.75, 3.05) is 11.9 Å². The highest BCUT2D eigenvalue weighted by molar-refractivity contribution is 7.80. The predicted octanol–water partition coefficient (Wildman–Crippen LogP) is 3.17. The molecule has 1 aromatic carbocycles. The molecule has 2 N–H and O–H groups in total. The van der Waals surface area contributed by atoms with Gasteiger partial charge in [0.1, 0.15) is 5.75 Å². The third-order valence-corrected chi connectivity index (χ3v) is 2.63. The van der Waals surface area contributed by atoms with Crippen LogP contribution in [0.1, 0.15) is 27.2 Å². The lowest BCUT2D eigenvalue weighted by atomic mass is 10.3. The van der Waals surface area contributed by atoms with Gasteiger partial charge in [0.15, 0.2) is 5.11 Å². The fraction of sp³-hybridized carbons (Fsp3) is 0.462. The Bertz CT molecular complexity index is 351. The molecule has 0 saturated heterocycles. The summed E-state index contributed by atoms with van der Waals surface area (Å²) in [6.07, 6.45) is 1.05. The highest BCUT2D eigenvalue weighted by atomic mass is 32.1. The van der Waals surface area contributed by atoms with Crippen LogP contribution in [0.25, 0.3) is 0 Å². The minimum atomic E-state index is 0.387. The molecule has 1 aromatic rings. The summed E-state index contributed by atoms with van der Waals surface area (Å²) in [5.74, 6) is 0.874. The molecular weight excluding hydrogens is 232 g/mol. The van der Waals surface area contributed by atoms with E-state index in [1.807, 2.05) is 31.2 Å². The molecule has 0 aliphatic carbocycles. The molecule has 0 aromatic heterocycles. The summed E-state index contributed by atoms with van der Waals surface area (Å²) in [5, 5.41) is 7.00. The van der Waals surface area contributed by atoms with Crippen molar-refractivity contribution in [1.29, 1.82) is 0 Å². The molecule has 17 heavy (non-hydrogen) atoms. The van der Waals surface area contributed by atoms with E-state index in [0.717, 1.165) is 17.9 Å². The number of nitrogens with one attached hydrogen (secondary N) is 2. The lowest BCUT2D eigenvalue weighted by Gasteiger charge is -2.15. The molecule has 4 heteroatoms. The van der Waals surface area contributed by atoms with Gasteiger partial charge in [0.2, 0.25) is 0 Å². The quantitative estimate of drug-likeness (QED) is 0.789. The average Bonchev–Trinajstić information content (AvgIpc) is 2.31. The van der Waals surface area contributed by atoms with Gasteiger partial charge >= 0.3 is 0 Å². The third-order valence-electron chi connectivity index (χ3n) is 2.41. The lowest BCUT2D eigenvalue weighted by Crippen LogP contribution is -2.35. The summed E-state index contributed by atoms with van der Waals surface area (Å²) in [7, 11) is 0. The van der Waals surface area contributed by atoms with E-state index in [2.05, 4.69) is 24.5 Å². The van der Waals surface area contributed by atoms with Crippen molar-refractivity contribution in [2.24, 2.45) is 0 Å². The number of benzene rings is 1. The molecule has 0 unspecified atom stereocenters. The Kier molecular flexibility index (Phi) is 5.77. The third kappa shape index (κ3) is 5.04. The SMILES string of the molecule is CCOc1ccc(NC(=S)N[C@H](C)CC)cc1. The topological polar surface area (TPSA) is 33.3 Å². The minimum absolute atomic E-state index is 0.387. The fourth-order valence-corrected chi connectivity index (χ4v) is 1.61. The zero-order valence-electron chi connectivity index (χ0n) is 10.6. The van der Waals surface area contributed by atoms with Crippen LogP contribution in [0.15, 0.2) is 24.3 Å². The van der Waals surface area contributed by atoms with Crippen LogP contribution in [-0.4, -0.2) is 17.8 Å². The molecule has 3 nitrogen and oxygen atoms in total. The molecule has 0 spiro atoms. The Hall–Kier alpha value is -1.29. The first-order chi connectivity index (χ1) is 8.15. The van der Waals surface area contributed by atoms with Gasteiger partial charge in [0.05, 0.1) is 6.61 Å². The number of hydrogen-bond donors (Lipinski definition) is 2. The van der Waals surface area contributed by atoms with E-state index in [9.17, 15) is 0 Å². The monoisotopic (exact) mass is 252 g/mol. The summed E-state index contributed by atoms with van der Waals surface area (Å²) in [6.45, 7) is 6.88. The van der Waals surface area contributed by atoms with Crippen LogP contribution >= 0.6 is 12.2 Å². The van der Waals surface area contributed by atoms with E-state index < -0.39 is 0 Å². The molecule has 0 aliphatic heterocycles. The van der Waals surface area contributed by atoms with Gasteiger partial charge < -0.3 is 15.4 Å². The van der Waals surface area contributed by atoms with Gasteiger partial charge in [0.25, 0.3) is 0 Å². The van der Waals surface area contributed by atoms with Crippen molar-refractivity contribution in [3.8, 4) is 5.75 Å². The molecule has 0 heterocycles. The maximum Gasteiger partial charge on any atom is 0.170 e. The van der Waals surface area contributed by atoms with E-state index in [1.165, 1.54) is 0 Å². The molecule has 0 saturated carbocycles. The largest absolute Gasteiger partial charge is 0.494 e. The average molecular weight is 252 g/mol. The number of anilines is 1. The number of thiocarbonyl (C=S) groups is 1. The highest BCUT2D eigenvalue weighted by Crippen LogP contribution is 2.15. The van der Waals surface area contributed by atoms with E-state index >= 15 is 0 Å². The summed E-state index contributed by atoms with van der Waals surface area (Å²) in [6, 6.07) is 8.15. The van der Waals surface area contributed by atoms with Gasteiger partial charge in [-0.1, -0.05) is 6.92 Å². The summed E-state index contributed by atoms with van der Waals surface area (Å²) >= 11 is 5.21. The van der Waals surface area contributed by atoms with Crippen molar-refractivity contribution < 1.29 is 4.74 Å². The normalized spacial score (nSPS) is 11.7. The summed E-state index contributed by atoms with van der Waals surface area (Å²) < 4.78 is 5.37. The first-order valence-electron chi connectivity index (χ1n) is 5.96. The molecule has 94 valence electrons. The molecule has 1 rings (SSSR count). The highest BCUT2D eigenvalue weighted by Gasteiger charge is 2.01. The standard InChI is InChI=1S/C13H20N2OS/c1-4-10(3)14-13(17)15-11-6-8-12(9-7-11)16-5-2/h6-10H,4-5H2,1-3H3,(H2,14,15,17)/t10-/m1/s1. The smallest absolute Gasteiger partial charge is 0.170 e. The van der Waals surface area contributed by atoms with Gasteiger partial charge in [-0.2, -0.15) is 0 Å². The number of ether oxygens (including phenoxy) is 1. The Labute approximate surface area is 109 Å². The zero-order chi connectivity index (χ0) is 12.7. The van der Waals surface area contributed by atoms with Gasteiger partial charge in [-0.3, -0.25) is 0 Å². The van der Waals surface area contributed by atoms with Crippen LogP contribution in [-0.2, 0) is 0 Å². The molecule has 0 aliphatic rings. The Morgan fingerprint density at radius 2 is 1.94 bits per heavy atom. The maximum atomic E-state index is 5.37. The first-order valence-corrected chi connectivity index (χ1v) is 6.37. The van der Waals surface area contributed by atoms with E-state index in [1.54, 1.807) is 0 Å². The van der Waals surface area contributed by atoms with Crippen molar-refractivity contribution in [3.63, 3.8) is 0 Å². The van der Waals surface area contributed by atoms with Crippen LogP contribution in [0.3, 0.4) is 0 Å². The molecular formula is C13H20N2OS. The van der Waals surface area contributed by atoms with Crippen LogP contribution in [0.4, 0.5) is 5.69 Å². The zero-order valence-corrected chi connectivity index (χ0v) is 11.4. The second kappa shape index (κ2) is 7.12. The van der Waals surface area contributed by atoms with Gasteiger partial charge in [-0.15, -0.1) is 0 Å². The van der Waals surface area contributed by atoms with Crippen LogP contribution in [0, 0.1) is 0 Å². The number of rotatable bonds is 5. The van der Waals surface area contributed by atoms with Gasteiger partial charge in [-0.05, 0) is 56.8 Å². The Morgan fingerprint density at radius 1 is 1.29 bits per heavy atom. The van der Waals surface area contributed by atoms with E-state index in [0.29, 0.717) is 17.8 Å². The second-order valence-corrected chi connectivity index (χ2v) is 4.27. The van der Waals surface area contributed by atoms with Crippen molar-refractivity contribution in [2.45, 2.75) is 33.2 Å². The Morgan fingerprint density at radius 3 is 2.47 bits per heavy atom. The lowest BCUT2D eigenvalue weighted by molar-refractivity contribution is 0.340. The van der Waals surface area contributed by atoms with Gasteiger partial charge in [-0.25, -0.2) is 0 Å². The summed E-state index contributed by atoms with van der Waals surface area (Å²) in [4.78, 5) is 0. The molecule has 0 bridgehead atoms. The van der Waals surface area contributed by atoms with Gasteiger partial charge in [0, 0.05) is 11.7 Å². The van der Waals surface area contributed by atoms with E-state index in [-0.39, 0.29) is 0 Å². The summed E-state index contributed by atoms with van der Waals surface area (Å²) in [5.41, 5.74) is 0.967. The molecule has 0 fully saturated rings. The maximum absolute atomic E-state index is 5.37. The van der Waals surface area contributed by atoms with Crippen molar-refractivity contribution in [3.05, 3.63) is 24.3 Å². The first kappa shape index (κ1) is 13.8. The fourth-order valence-electron chi connectivity index (χ4n) is 1.29. The number of hydrogen-bond acceptors (Lipinski definition) is 2. The van der Waals surface area contributed by atoms with Crippen LogP contribution < -0.4 is 15.4 Å². The van der Waals surface area contributed by atoms with Crippen LogP contribution in [0.2, 0.25) is 0 Å².